The van der Waals surface area contributed by atoms with Crippen LogP contribution in [0.15, 0.2) is 52.9 Å². The normalized spacial score (nSPS) is 15.7. The quantitative estimate of drug-likeness (QED) is 0.384. The van der Waals surface area contributed by atoms with Crippen LogP contribution in [0.1, 0.15) is 39.0 Å². The SMILES string of the molecule is Cc1ccc2c(n1)oc1c(N3c4ccccc4N(C(C)C)C3(C)C)c(C)ccc12. The number of rotatable bonds is 2. The van der Waals surface area contributed by atoms with E-state index in [4.69, 9.17) is 4.42 Å². The van der Waals surface area contributed by atoms with Gasteiger partial charge in [0.15, 0.2) is 5.58 Å². The number of furan rings is 1. The Kier molecular flexibility index (Phi) is 3.73. The number of nitrogens with zero attached hydrogens (tertiary/aromatic N) is 3. The van der Waals surface area contributed by atoms with Crippen molar-refractivity contribution >= 4 is 39.1 Å². The predicted octanol–water partition coefficient (Wildman–Crippen LogP) is 6.70. The minimum Gasteiger partial charge on any atom is -0.435 e. The first-order chi connectivity index (χ1) is 13.8. The summed E-state index contributed by atoms with van der Waals surface area (Å²) in [7, 11) is 0. The lowest BCUT2D eigenvalue weighted by Crippen LogP contribution is -2.53. The lowest BCUT2D eigenvalue weighted by Gasteiger charge is -2.43. The third-order valence-corrected chi connectivity index (χ3v) is 6.08. The second-order valence-corrected chi connectivity index (χ2v) is 8.80. The summed E-state index contributed by atoms with van der Waals surface area (Å²) in [4.78, 5) is 9.57. The van der Waals surface area contributed by atoms with E-state index < -0.39 is 0 Å². The third kappa shape index (κ3) is 2.41. The van der Waals surface area contributed by atoms with E-state index in [1.54, 1.807) is 0 Å². The maximum absolute atomic E-state index is 6.39. The van der Waals surface area contributed by atoms with Crippen LogP contribution in [0.2, 0.25) is 0 Å². The van der Waals surface area contributed by atoms with Crippen LogP contribution >= 0.6 is 0 Å². The van der Waals surface area contributed by atoms with Gasteiger partial charge in [-0.05, 0) is 71.4 Å². The summed E-state index contributed by atoms with van der Waals surface area (Å²) in [5, 5.41) is 2.18. The molecule has 0 amide bonds. The zero-order chi connectivity index (χ0) is 20.5. The third-order valence-electron chi connectivity index (χ3n) is 6.08. The second kappa shape index (κ2) is 5.99. The van der Waals surface area contributed by atoms with E-state index in [0.717, 1.165) is 27.7 Å². The molecule has 3 heterocycles. The molecule has 0 spiro atoms. The number of hydrogen-bond donors (Lipinski definition) is 0. The Morgan fingerprint density at radius 1 is 0.897 bits per heavy atom. The minimum atomic E-state index is -0.237. The van der Waals surface area contributed by atoms with E-state index in [1.165, 1.54) is 16.9 Å². The van der Waals surface area contributed by atoms with E-state index in [2.05, 4.69) is 91.9 Å². The minimum absolute atomic E-state index is 0.237. The van der Waals surface area contributed by atoms with Crippen LogP contribution in [0.25, 0.3) is 22.1 Å². The van der Waals surface area contributed by atoms with Gasteiger partial charge in [0.1, 0.15) is 5.66 Å². The van der Waals surface area contributed by atoms with Crippen LogP contribution in [0, 0.1) is 13.8 Å². The standard InChI is InChI=1S/C25H27N3O/c1-15(2)27-20-9-7-8-10-21(20)28(25(27,5)6)22-16(3)11-13-18-19-14-12-17(4)26-24(19)29-23(18)22/h7-15H,1-6H3. The lowest BCUT2D eigenvalue weighted by atomic mass is 10.0. The van der Waals surface area contributed by atoms with E-state index in [-0.39, 0.29) is 5.66 Å². The summed E-state index contributed by atoms with van der Waals surface area (Å²) in [5.41, 5.74) is 7.14. The number of pyridine rings is 1. The van der Waals surface area contributed by atoms with Crippen LogP contribution in [-0.2, 0) is 0 Å². The Labute approximate surface area is 171 Å². The van der Waals surface area contributed by atoms with Gasteiger partial charge in [0, 0.05) is 22.5 Å². The van der Waals surface area contributed by atoms with E-state index in [9.17, 15) is 0 Å². The number of anilines is 3. The second-order valence-electron chi connectivity index (χ2n) is 8.80. The number of fused-ring (bicyclic) bond motifs is 4. The number of aryl methyl sites for hydroxylation is 2. The molecule has 0 saturated carbocycles. The molecule has 2 aromatic carbocycles. The molecule has 148 valence electrons. The molecule has 0 fully saturated rings. The van der Waals surface area contributed by atoms with Crippen molar-refractivity contribution in [3.8, 4) is 0 Å². The molecule has 4 heteroatoms. The molecule has 0 atom stereocenters. The number of hydrogen-bond acceptors (Lipinski definition) is 4. The summed E-state index contributed by atoms with van der Waals surface area (Å²) >= 11 is 0. The molecule has 0 saturated heterocycles. The molecule has 4 nitrogen and oxygen atoms in total. The summed E-state index contributed by atoms with van der Waals surface area (Å²) in [6.07, 6.45) is 0. The Balaban J connectivity index is 1.85. The molecular weight excluding hydrogens is 358 g/mol. The van der Waals surface area contributed by atoms with Crippen LogP contribution in [0.4, 0.5) is 17.1 Å². The molecule has 29 heavy (non-hydrogen) atoms. The van der Waals surface area contributed by atoms with Gasteiger partial charge in [0.2, 0.25) is 5.71 Å². The Bertz CT molecular complexity index is 1250. The molecule has 0 unspecified atom stereocenters. The van der Waals surface area contributed by atoms with E-state index in [1.807, 2.05) is 13.0 Å². The van der Waals surface area contributed by atoms with Gasteiger partial charge in [-0.15, -0.1) is 0 Å². The monoisotopic (exact) mass is 385 g/mol. The highest BCUT2D eigenvalue weighted by Crippen LogP contribution is 2.52. The maximum Gasteiger partial charge on any atom is 0.227 e. The van der Waals surface area contributed by atoms with Crippen molar-refractivity contribution in [2.45, 2.75) is 53.2 Å². The van der Waals surface area contributed by atoms with Gasteiger partial charge in [-0.3, -0.25) is 0 Å². The van der Waals surface area contributed by atoms with Crippen LogP contribution in [0.3, 0.4) is 0 Å². The van der Waals surface area contributed by atoms with Crippen LogP contribution in [0.5, 0.6) is 0 Å². The summed E-state index contributed by atoms with van der Waals surface area (Å²) in [6, 6.07) is 17.6. The first-order valence-corrected chi connectivity index (χ1v) is 10.3. The van der Waals surface area contributed by atoms with Crippen molar-refractivity contribution in [3.63, 3.8) is 0 Å². The Morgan fingerprint density at radius 2 is 1.59 bits per heavy atom. The average Bonchev–Trinajstić information content (AvgIpc) is 3.12. The zero-order valence-electron chi connectivity index (χ0n) is 17.9. The fraction of sp³-hybridized carbons (Fsp3) is 0.320. The highest BCUT2D eigenvalue weighted by atomic mass is 16.3. The zero-order valence-corrected chi connectivity index (χ0v) is 17.9. The lowest BCUT2D eigenvalue weighted by molar-refractivity contribution is 0.457. The highest BCUT2D eigenvalue weighted by molar-refractivity contribution is 6.10. The summed E-state index contributed by atoms with van der Waals surface area (Å²) in [5.74, 6) is 0. The largest absolute Gasteiger partial charge is 0.435 e. The topological polar surface area (TPSA) is 32.5 Å². The van der Waals surface area contributed by atoms with Crippen molar-refractivity contribution < 1.29 is 4.42 Å². The average molecular weight is 386 g/mol. The number of aromatic nitrogens is 1. The van der Waals surface area contributed by atoms with Crippen molar-refractivity contribution in [1.29, 1.82) is 0 Å². The van der Waals surface area contributed by atoms with Crippen LogP contribution in [-0.4, -0.2) is 16.7 Å². The molecule has 4 aromatic rings. The first kappa shape index (κ1) is 18.0. The van der Waals surface area contributed by atoms with Gasteiger partial charge in [-0.1, -0.05) is 24.3 Å². The van der Waals surface area contributed by atoms with Crippen molar-refractivity contribution in [3.05, 3.63) is 59.8 Å². The van der Waals surface area contributed by atoms with Crippen molar-refractivity contribution in [1.82, 2.24) is 4.98 Å². The fourth-order valence-corrected chi connectivity index (χ4v) is 5.03. The summed E-state index contributed by atoms with van der Waals surface area (Å²) in [6.45, 7) is 13.2. The first-order valence-electron chi connectivity index (χ1n) is 10.3. The number of para-hydroxylation sites is 2. The molecule has 1 aliphatic heterocycles. The van der Waals surface area contributed by atoms with Gasteiger partial charge in [0.05, 0.1) is 17.1 Å². The molecular formula is C25H27N3O. The number of benzene rings is 2. The molecule has 0 aliphatic carbocycles. The van der Waals surface area contributed by atoms with E-state index in [0.29, 0.717) is 11.8 Å². The smallest absolute Gasteiger partial charge is 0.227 e. The van der Waals surface area contributed by atoms with Gasteiger partial charge >= 0.3 is 0 Å². The molecule has 5 rings (SSSR count). The summed E-state index contributed by atoms with van der Waals surface area (Å²) < 4.78 is 6.39. The Hall–Kier alpha value is -3.01. The molecule has 0 bridgehead atoms. The van der Waals surface area contributed by atoms with Crippen molar-refractivity contribution in [2.24, 2.45) is 0 Å². The Morgan fingerprint density at radius 3 is 2.31 bits per heavy atom. The fourth-order valence-electron chi connectivity index (χ4n) is 5.03. The molecule has 0 N–H and O–H groups in total. The van der Waals surface area contributed by atoms with Gasteiger partial charge in [-0.2, -0.15) is 0 Å². The van der Waals surface area contributed by atoms with Crippen LogP contribution < -0.4 is 9.80 Å². The maximum atomic E-state index is 6.39. The van der Waals surface area contributed by atoms with Gasteiger partial charge < -0.3 is 14.2 Å². The van der Waals surface area contributed by atoms with Gasteiger partial charge in [0.25, 0.3) is 0 Å². The van der Waals surface area contributed by atoms with E-state index >= 15 is 0 Å². The molecule has 0 radical (unpaired) electrons. The predicted molar refractivity (Wildman–Crippen MR) is 121 cm³/mol. The highest BCUT2D eigenvalue weighted by Gasteiger charge is 2.45. The molecule has 1 aliphatic rings. The van der Waals surface area contributed by atoms with Gasteiger partial charge in [-0.25, -0.2) is 4.98 Å². The molecule has 2 aromatic heterocycles. The van der Waals surface area contributed by atoms with Crippen molar-refractivity contribution in [2.75, 3.05) is 9.80 Å².